The molecule has 0 radical (unpaired) electrons. The fourth-order valence-electron chi connectivity index (χ4n) is 2.26. The van der Waals surface area contributed by atoms with Gasteiger partial charge in [0.15, 0.2) is 0 Å². The number of carbonyl (C=O) groups is 1. The summed E-state index contributed by atoms with van der Waals surface area (Å²) >= 11 is 0. The smallest absolute Gasteiger partial charge is 0.242 e. The first-order valence-electron chi connectivity index (χ1n) is 8.08. The molecule has 0 spiro atoms. The van der Waals surface area contributed by atoms with Gasteiger partial charge in [0.2, 0.25) is 15.9 Å². The molecule has 25 heavy (non-hydrogen) atoms. The topological polar surface area (TPSA) is 75.3 Å². The molecular weight excluding hydrogens is 336 g/mol. The SMILES string of the molecule is CC(NS(=O)(=O)c1ccccc1)C(=O)Nc1ccc(C(C)(C)C)cc1. The Bertz CT molecular complexity index is 823. The quantitative estimate of drug-likeness (QED) is 0.859. The lowest BCUT2D eigenvalue weighted by Gasteiger charge is -2.19. The summed E-state index contributed by atoms with van der Waals surface area (Å²) in [5.41, 5.74) is 1.81. The number of carbonyl (C=O) groups excluding carboxylic acids is 1. The average Bonchev–Trinajstić information content (AvgIpc) is 2.55. The minimum atomic E-state index is -3.73. The summed E-state index contributed by atoms with van der Waals surface area (Å²) in [6.07, 6.45) is 0. The Morgan fingerprint density at radius 1 is 0.960 bits per heavy atom. The van der Waals surface area contributed by atoms with Crippen molar-refractivity contribution in [3.63, 3.8) is 0 Å². The third kappa shape index (κ3) is 5.14. The number of benzene rings is 2. The molecule has 6 heteroatoms. The maximum Gasteiger partial charge on any atom is 0.242 e. The van der Waals surface area contributed by atoms with Crippen molar-refractivity contribution in [2.45, 2.75) is 44.0 Å². The standard InChI is InChI=1S/C19H24N2O3S/c1-14(21-25(23,24)17-8-6-5-7-9-17)18(22)20-16-12-10-15(11-13-16)19(2,3)4/h5-14,21H,1-4H3,(H,20,22). The van der Waals surface area contributed by atoms with Gasteiger partial charge >= 0.3 is 0 Å². The Morgan fingerprint density at radius 2 is 1.52 bits per heavy atom. The van der Waals surface area contributed by atoms with E-state index in [1.165, 1.54) is 19.1 Å². The minimum Gasteiger partial charge on any atom is -0.325 e. The number of amides is 1. The van der Waals surface area contributed by atoms with Gasteiger partial charge < -0.3 is 5.32 Å². The molecule has 0 aliphatic rings. The van der Waals surface area contributed by atoms with E-state index >= 15 is 0 Å². The van der Waals surface area contributed by atoms with Gasteiger partial charge in [-0.2, -0.15) is 4.72 Å². The van der Waals surface area contributed by atoms with Crippen LogP contribution in [0.2, 0.25) is 0 Å². The van der Waals surface area contributed by atoms with Gasteiger partial charge in [0.1, 0.15) is 0 Å². The lowest BCUT2D eigenvalue weighted by molar-refractivity contribution is -0.117. The Balaban J connectivity index is 2.03. The first-order valence-corrected chi connectivity index (χ1v) is 9.57. The summed E-state index contributed by atoms with van der Waals surface area (Å²) in [7, 11) is -3.73. The van der Waals surface area contributed by atoms with Crippen LogP contribution < -0.4 is 10.0 Å². The molecule has 1 amide bonds. The Kier molecular flexibility index (Phi) is 5.65. The van der Waals surface area contributed by atoms with Crippen molar-refractivity contribution in [1.29, 1.82) is 0 Å². The van der Waals surface area contributed by atoms with Crippen LogP contribution in [0.25, 0.3) is 0 Å². The summed E-state index contributed by atoms with van der Waals surface area (Å²) in [5.74, 6) is -0.414. The van der Waals surface area contributed by atoms with Crippen LogP contribution in [0.4, 0.5) is 5.69 Å². The van der Waals surface area contributed by atoms with Crippen molar-refractivity contribution >= 4 is 21.6 Å². The second-order valence-electron chi connectivity index (χ2n) is 6.97. The van der Waals surface area contributed by atoms with Crippen LogP contribution in [0.5, 0.6) is 0 Å². The van der Waals surface area contributed by atoms with Crippen LogP contribution >= 0.6 is 0 Å². The zero-order valence-electron chi connectivity index (χ0n) is 14.9. The van der Waals surface area contributed by atoms with Crippen molar-refractivity contribution < 1.29 is 13.2 Å². The van der Waals surface area contributed by atoms with Crippen LogP contribution in [-0.2, 0) is 20.2 Å². The first kappa shape index (κ1) is 19.1. The first-order chi connectivity index (χ1) is 11.6. The summed E-state index contributed by atoms with van der Waals surface area (Å²) in [6.45, 7) is 7.85. The lowest BCUT2D eigenvalue weighted by Crippen LogP contribution is -2.41. The van der Waals surface area contributed by atoms with Gasteiger partial charge in [-0.05, 0) is 42.2 Å². The molecule has 0 saturated carbocycles. The molecule has 2 rings (SSSR count). The predicted octanol–water partition coefficient (Wildman–Crippen LogP) is 3.29. The van der Waals surface area contributed by atoms with E-state index in [0.717, 1.165) is 5.56 Å². The monoisotopic (exact) mass is 360 g/mol. The van der Waals surface area contributed by atoms with E-state index < -0.39 is 22.0 Å². The largest absolute Gasteiger partial charge is 0.325 e. The summed E-state index contributed by atoms with van der Waals surface area (Å²) < 4.78 is 26.9. The van der Waals surface area contributed by atoms with E-state index in [4.69, 9.17) is 0 Å². The zero-order valence-corrected chi connectivity index (χ0v) is 15.7. The summed E-state index contributed by atoms with van der Waals surface area (Å²) in [4.78, 5) is 12.4. The number of anilines is 1. The molecule has 0 aromatic heterocycles. The molecular formula is C19H24N2O3S. The van der Waals surface area contributed by atoms with Crippen molar-refractivity contribution in [2.75, 3.05) is 5.32 Å². The Morgan fingerprint density at radius 3 is 2.04 bits per heavy atom. The normalized spacial score (nSPS) is 13.3. The molecule has 0 aliphatic carbocycles. The molecule has 2 aromatic carbocycles. The van der Waals surface area contributed by atoms with Crippen LogP contribution in [0.15, 0.2) is 59.5 Å². The van der Waals surface area contributed by atoms with E-state index in [9.17, 15) is 13.2 Å². The lowest BCUT2D eigenvalue weighted by atomic mass is 9.87. The third-order valence-corrected chi connectivity index (χ3v) is 5.35. The van der Waals surface area contributed by atoms with E-state index in [0.29, 0.717) is 5.69 Å². The van der Waals surface area contributed by atoms with E-state index in [1.807, 2.05) is 24.3 Å². The van der Waals surface area contributed by atoms with Crippen molar-refractivity contribution in [3.8, 4) is 0 Å². The Hall–Kier alpha value is -2.18. The predicted molar refractivity (Wildman–Crippen MR) is 100.0 cm³/mol. The van der Waals surface area contributed by atoms with Gasteiger partial charge in [-0.1, -0.05) is 51.1 Å². The molecule has 0 bridgehead atoms. The number of hydrogen-bond acceptors (Lipinski definition) is 3. The average molecular weight is 360 g/mol. The van der Waals surface area contributed by atoms with Gasteiger partial charge in [-0.25, -0.2) is 8.42 Å². The third-order valence-electron chi connectivity index (χ3n) is 3.80. The van der Waals surface area contributed by atoms with E-state index in [2.05, 4.69) is 30.8 Å². The molecule has 0 heterocycles. The molecule has 5 nitrogen and oxygen atoms in total. The minimum absolute atomic E-state index is 0.0289. The number of nitrogens with one attached hydrogen (secondary N) is 2. The molecule has 1 unspecified atom stereocenters. The van der Waals surface area contributed by atoms with Gasteiger partial charge in [0, 0.05) is 5.69 Å². The van der Waals surface area contributed by atoms with Gasteiger partial charge in [-0.15, -0.1) is 0 Å². The van der Waals surface area contributed by atoms with Crippen LogP contribution in [0, 0.1) is 0 Å². The molecule has 0 fully saturated rings. The van der Waals surface area contributed by atoms with Gasteiger partial charge in [0.25, 0.3) is 0 Å². The summed E-state index contributed by atoms with van der Waals surface area (Å²) in [5, 5.41) is 2.73. The van der Waals surface area contributed by atoms with E-state index in [1.54, 1.807) is 18.2 Å². The molecule has 0 saturated heterocycles. The zero-order chi connectivity index (χ0) is 18.7. The molecule has 134 valence electrons. The van der Waals surface area contributed by atoms with Crippen molar-refractivity contribution in [1.82, 2.24) is 4.72 Å². The maximum absolute atomic E-state index is 12.3. The maximum atomic E-state index is 12.3. The van der Waals surface area contributed by atoms with Crippen LogP contribution in [-0.4, -0.2) is 20.4 Å². The summed E-state index contributed by atoms with van der Waals surface area (Å²) in [6, 6.07) is 14.6. The molecule has 1 atom stereocenters. The second kappa shape index (κ2) is 7.37. The molecule has 2 aromatic rings. The van der Waals surface area contributed by atoms with Crippen molar-refractivity contribution in [2.24, 2.45) is 0 Å². The highest BCUT2D eigenvalue weighted by Crippen LogP contribution is 2.23. The Labute approximate surface area is 149 Å². The highest BCUT2D eigenvalue weighted by molar-refractivity contribution is 7.89. The second-order valence-corrected chi connectivity index (χ2v) is 8.69. The fourth-order valence-corrected chi connectivity index (χ4v) is 3.48. The van der Waals surface area contributed by atoms with E-state index in [-0.39, 0.29) is 10.3 Å². The number of rotatable bonds is 5. The van der Waals surface area contributed by atoms with Crippen molar-refractivity contribution in [3.05, 3.63) is 60.2 Å². The number of sulfonamides is 1. The van der Waals surface area contributed by atoms with Crippen LogP contribution in [0.1, 0.15) is 33.3 Å². The highest BCUT2D eigenvalue weighted by atomic mass is 32.2. The van der Waals surface area contributed by atoms with Crippen LogP contribution in [0.3, 0.4) is 0 Å². The van der Waals surface area contributed by atoms with Gasteiger partial charge in [0.05, 0.1) is 10.9 Å². The molecule has 0 aliphatic heterocycles. The highest BCUT2D eigenvalue weighted by Gasteiger charge is 2.22. The molecule has 2 N–H and O–H groups in total. The van der Waals surface area contributed by atoms with Gasteiger partial charge in [-0.3, -0.25) is 4.79 Å². The fraction of sp³-hybridized carbons (Fsp3) is 0.316. The number of hydrogen-bond donors (Lipinski definition) is 2.